The number of piperidine rings is 1. The number of fused-ring (bicyclic) bond motifs is 3. The summed E-state index contributed by atoms with van der Waals surface area (Å²) in [5, 5.41) is 3.24. The number of likely N-dealkylation sites (tertiary alicyclic amines) is 1. The van der Waals surface area contributed by atoms with Crippen LogP contribution in [-0.4, -0.2) is 51.8 Å². The Morgan fingerprint density at radius 3 is 2.29 bits per heavy atom. The molecule has 1 saturated heterocycles. The zero-order valence-electron chi connectivity index (χ0n) is 25.2. The fourth-order valence-electron chi connectivity index (χ4n) is 8.33. The number of nitrogens with zero attached hydrogens (tertiary/aromatic N) is 2. The molecule has 7 rings (SSSR count). The Kier molecular flexibility index (Phi) is 9.63. The second-order valence-electron chi connectivity index (χ2n) is 12.4. The summed E-state index contributed by atoms with van der Waals surface area (Å²) in [5.41, 5.74) is 9.37. The molecule has 4 aliphatic rings. The van der Waals surface area contributed by atoms with E-state index in [0.717, 1.165) is 50.1 Å². The first-order valence-corrected chi connectivity index (χ1v) is 15.6. The highest BCUT2D eigenvalue weighted by atomic mass is 35.5. The van der Waals surface area contributed by atoms with Gasteiger partial charge < -0.3 is 19.9 Å². The lowest BCUT2D eigenvalue weighted by Gasteiger charge is -2.58. The topological polar surface area (TPSA) is 27.7 Å². The average molecular weight is 574 g/mol. The van der Waals surface area contributed by atoms with E-state index in [4.69, 9.17) is 4.74 Å². The molecule has 3 aromatic carbocycles. The number of hydrogen-bond donors (Lipinski definition) is 1. The Balaban J connectivity index is 0.000000161. The Morgan fingerprint density at radius 1 is 0.902 bits per heavy atom. The Hall–Kier alpha value is -2.53. The number of likely N-dealkylation sites (N-methyl/N-ethyl adjacent to an activating group) is 1. The predicted octanol–water partition coefficient (Wildman–Crippen LogP) is 7.34. The standard InChI is InChI=1S/C18H22N2.C18H25NO.ClH/c1-19-13-6-14-20-17-9-4-2-7-15(17)11-12-16-8-3-5-10-18(16)20;1-19-10-9-18-8-4-3-5-15(18)17(19)11-13-6-7-14(20-2)12-16(13)18;/h2-5,7-10,19H,6,11-14H2,1H3;6-7,12,15,17H,3-5,8-11H2,1-2H3;1H/t;15-,17+,18+;/m.1./s1. The number of anilines is 2. The Labute approximate surface area is 253 Å². The van der Waals surface area contributed by atoms with Crippen LogP contribution in [0.15, 0.2) is 66.7 Å². The van der Waals surface area contributed by atoms with Crippen LogP contribution in [0, 0.1) is 5.92 Å². The molecule has 41 heavy (non-hydrogen) atoms. The minimum Gasteiger partial charge on any atom is -0.497 e. The molecule has 0 unspecified atom stereocenters. The lowest BCUT2D eigenvalue weighted by atomic mass is 9.52. The fraction of sp³-hybridized carbons (Fsp3) is 0.500. The number of hydrogen-bond acceptors (Lipinski definition) is 4. The summed E-state index contributed by atoms with van der Waals surface area (Å²) < 4.78 is 5.51. The van der Waals surface area contributed by atoms with Gasteiger partial charge in [0.1, 0.15) is 5.75 Å². The molecule has 2 fully saturated rings. The fourth-order valence-corrected chi connectivity index (χ4v) is 8.33. The van der Waals surface area contributed by atoms with E-state index in [2.05, 4.69) is 88.9 Å². The minimum absolute atomic E-state index is 0. The first-order valence-electron chi connectivity index (χ1n) is 15.6. The second-order valence-corrected chi connectivity index (χ2v) is 12.4. The number of aryl methyl sites for hydroxylation is 2. The van der Waals surface area contributed by atoms with E-state index >= 15 is 0 Å². The molecular formula is C36H48ClN3O. The molecule has 0 spiro atoms. The van der Waals surface area contributed by atoms with Crippen molar-refractivity contribution in [1.82, 2.24) is 10.2 Å². The molecule has 0 radical (unpaired) electrons. The van der Waals surface area contributed by atoms with E-state index in [1.54, 1.807) is 18.2 Å². The monoisotopic (exact) mass is 573 g/mol. The molecule has 1 N–H and O–H groups in total. The summed E-state index contributed by atoms with van der Waals surface area (Å²) in [7, 11) is 6.14. The van der Waals surface area contributed by atoms with Crippen LogP contribution in [-0.2, 0) is 24.7 Å². The molecule has 0 amide bonds. The maximum atomic E-state index is 5.51. The molecule has 220 valence electrons. The van der Waals surface area contributed by atoms with Gasteiger partial charge in [0.2, 0.25) is 0 Å². The lowest BCUT2D eigenvalue weighted by Crippen LogP contribution is -2.59. The van der Waals surface area contributed by atoms with Crippen LogP contribution in [0.2, 0.25) is 0 Å². The van der Waals surface area contributed by atoms with E-state index in [1.807, 2.05) is 7.05 Å². The van der Waals surface area contributed by atoms with Gasteiger partial charge in [0.15, 0.2) is 0 Å². The molecular weight excluding hydrogens is 526 g/mol. The maximum Gasteiger partial charge on any atom is 0.119 e. The van der Waals surface area contributed by atoms with Gasteiger partial charge in [-0.2, -0.15) is 0 Å². The predicted molar refractivity (Wildman–Crippen MR) is 174 cm³/mol. The van der Waals surface area contributed by atoms with Gasteiger partial charge >= 0.3 is 0 Å². The quantitative estimate of drug-likeness (QED) is 0.323. The zero-order valence-corrected chi connectivity index (χ0v) is 26.0. The Morgan fingerprint density at radius 2 is 1.61 bits per heavy atom. The van der Waals surface area contributed by atoms with E-state index in [-0.39, 0.29) is 12.4 Å². The molecule has 2 heterocycles. The molecule has 2 bridgehead atoms. The third-order valence-corrected chi connectivity index (χ3v) is 10.4. The third-order valence-electron chi connectivity index (χ3n) is 10.4. The van der Waals surface area contributed by atoms with Crippen molar-refractivity contribution in [2.75, 3.05) is 45.7 Å². The van der Waals surface area contributed by atoms with Gasteiger partial charge in [0, 0.05) is 29.4 Å². The minimum atomic E-state index is 0. The number of rotatable bonds is 5. The summed E-state index contributed by atoms with van der Waals surface area (Å²) in [4.78, 5) is 5.12. The molecule has 5 heteroatoms. The normalized spacial score (nSPS) is 24.2. The van der Waals surface area contributed by atoms with Crippen molar-refractivity contribution >= 4 is 23.8 Å². The van der Waals surface area contributed by atoms with E-state index in [0.29, 0.717) is 5.41 Å². The first kappa shape index (κ1) is 29.9. The smallest absolute Gasteiger partial charge is 0.119 e. The number of benzene rings is 3. The third kappa shape index (κ3) is 5.76. The highest BCUT2D eigenvalue weighted by Gasteiger charge is 2.53. The Bertz CT molecular complexity index is 1260. The molecule has 1 saturated carbocycles. The second kappa shape index (κ2) is 13.2. The molecule has 0 aromatic heterocycles. The van der Waals surface area contributed by atoms with Crippen molar-refractivity contribution in [3.8, 4) is 5.75 Å². The summed E-state index contributed by atoms with van der Waals surface area (Å²) in [6, 6.07) is 25.3. The molecule has 4 nitrogen and oxygen atoms in total. The van der Waals surface area contributed by atoms with Gasteiger partial charge in [0.05, 0.1) is 7.11 Å². The number of ether oxygens (including phenoxy) is 1. The maximum absolute atomic E-state index is 5.51. The van der Waals surface area contributed by atoms with Crippen LogP contribution in [0.5, 0.6) is 5.75 Å². The molecule has 2 aliphatic carbocycles. The van der Waals surface area contributed by atoms with Crippen molar-refractivity contribution in [3.05, 3.63) is 89.0 Å². The van der Waals surface area contributed by atoms with Crippen molar-refractivity contribution in [2.45, 2.75) is 69.2 Å². The number of halogens is 1. The van der Waals surface area contributed by atoms with Crippen LogP contribution in [0.25, 0.3) is 0 Å². The molecule has 2 aliphatic heterocycles. The zero-order chi connectivity index (χ0) is 27.5. The van der Waals surface area contributed by atoms with Crippen molar-refractivity contribution < 1.29 is 4.74 Å². The summed E-state index contributed by atoms with van der Waals surface area (Å²) in [6.07, 6.45) is 11.6. The lowest BCUT2D eigenvalue weighted by molar-refractivity contribution is 0.00274. The van der Waals surface area contributed by atoms with E-state index in [9.17, 15) is 0 Å². The number of nitrogens with one attached hydrogen (secondary N) is 1. The van der Waals surface area contributed by atoms with E-state index in [1.165, 1.54) is 67.6 Å². The van der Waals surface area contributed by atoms with Gasteiger partial charge in [0.25, 0.3) is 0 Å². The summed E-state index contributed by atoms with van der Waals surface area (Å²) in [6.45, 7) is 3.38. The highest BCUT2D eigenvalue weighted by molar-refractivity contribution is 5.85. The van der Waals surface area contributed by atoms with Crippen LogP contribution < -0.4 is 15.0 Å². The SMILES string of the molecule is CNCCCN1c2ccccc2CCc2ccccc21.COc1ccc2c(c1)[C@]13CCCC[C@@H]1[C@H](C2)N(C)CC3.Cl. The largest absolute Gasteiger partial charge is 0.497 e. The van der Waals surface area contributed by atoms with Crippen LogP contribution >= 0.6 is 12.4 Å². The van der Waals surface area contributed by atoms with Gasteiger partial charge in [-0.05, 0) is 125 Å². The first-order chi connectivity index (χ1) is 19.6. The van der Waals surface area contributed by atoms with Gasteiger partial charge in [-0.3, -0.25) is 0 Å². The van der Waals surface area contributed by atoms with Crippen LogP contribution in [0.1, 0.15) is 60.8 Å². The molecule has 3 aromatic rings. The number of methoxy groups -OCH3 is 1. The van der Waals surface area contributed by atoms with Crippen LogP contribution in [0.3, 0.4) is 0 Å². The van der Waals surface area contributed by atoms with Crippen molar-refractivity contribution in [1.29, 1.82) is 0 Å². The summed E-state index contributed by atoms with van der Waals surface area (Å²) in [5.74, 6) is 1.91. The van der Waals surface area contributed by atoms with E-state index < -0.39 is 0 Å². The summed E-state index contributed by atoms with van der Waals surface area (Å²) >= 11 is 0. The van der Waals surface area contributed by atoms with Crippen molar-refractivity contribution in [3.63, 3.8) is 0 Å². The number of para-hydroxylation sites is 2. The molecule has 3 atom stereocenters. The van der Waals surface area contributed by atoms with Crippen LogP contribution in [0.4, 0.5) is 11.4 Å². The van der Waals surface area contributed by atoms with Crippen molar-refractivity contribution in [2.24, 2.45) is 5.92 Å². The van der Waals surface area contributed by atoms with Gasteiger partial charge in [-0.1, -0.05) is 55.3 Å². The van der Waals surface area contributed by atoms with Gasteiger partial charge in [-0.25, -0.2) is 0 Å². The average Bonchev–Trinajstić information content (AvgIpc) is 3.16. The van der Waals surface area contributed by atoms with Gasteiger partial charge in [-0.15, -0.1) is 12.4 Å². The highest BCUT2D eigenvalue weighted by Crippen LogP contribution is 2.55.